The van der Waals surface area contributed by atoms with E-state index in [-0.39, 0.29) is 12.1 Å². The van der Waals surface area contributed by atoms with Gasteiger partial charge in [-0.15, -0.1) is 0 Å². The molecule has 0 radical (unpaired) electrons. The van der Waals surface area contributed by atoms with Gasteiger partial charge in [-0.2, -0.15) is 4.98 Å². The van der Waals surface area contributed by atoms with Gasteiger partial charge in [0.1, 0.15) is 0 Å². The highest BCUT2D eigenvalue weighted by atomic mass is 16.5. The lowest BCUT2D eigenvalue weighted by molar-refractivity contribution is 0.237. The van der Waals surface area contributed by atoms with E-state index >= 15 is 0 Å². The zero-order valence-electron chi connectivity index (χ0n) is 11.1. The summed E-state index contributed by atoms with van der Waals surface area (Å²) in [5, 5.41) is 16.6. The molecule has 0 aliphatic heterocycles. The van der Waals surface area contributed by atoms with E-state index < -0.39 is 0 Å². The van der Waals surface area contributed by atoms with Crippen LogP contribution in [0.3, 0.4) is 0 Å². The Balaban J connectivity index is 2.14. The second-order valence-corrected chi connectivity index (χ2v) is 5.14. The lowest BCUT2D eigenvalue weighted by atomic mass is 9.89. The summed E-state index contributed by atoms with van der Waals surface area (Å²) >= 11 is 0. The van der Waals surface area contributed by atoms with Gasteiger partial charge in [0.2, 0.25) is 5.89 Å². The van der Waals surface area contributed by atoms with Crippen molar-refractivity contribution in [1.29, 1.82) is 0 Å². The maximum Gasteiger partial charge on any atom is 0.223 e. The van der Waals surface area contributed by atoms with E-state index in [1.165, 1.54) is 25.7 Å². The van der Waals surface area contributed by atoms with E-state index in [2.05, 4.69) is 15.5 Å². The average Bonchev–Trinajstić information content (AvgIpc) is 2.66. The molecule has 0 unspecified atom stereocenters. The Morgan fingerprint density at radius 1 is 1.28 bits per heavy atom. The van der Waals surface area contributed by atoms with Crippen molar-refractivity contribution in [2.24, 2.45) is 0 Å². The van der Waals surface area contributed by atoms with Crippen LogP contribution in [0.5, 0.6) is 0 Å². The van der Waals surface area contributed by atoms with Crippen molar-refractivity contribution >= 4 is 0 Å². The lowest BCUT2D eigenvalue weighted by Gasteiger charge is -2.30. The van der Waals surface area contributed by atoms with Crippen LogP contribution in [-0.4, -0.2) is 28.4 Å². The number of rotatable bonds is 5. The van der Waals surface area contributed by atoms with E-state index in [9.17, 15) is 0 Å². The van der Waals surface area contributed by atoms with Crippen LogP contribution in [-0.2, 0) is 5.54 Å². The van der Waals surface area contributed by atoms with Gasteiger partial charge < -0.3 is 14.9 Å². The van der Waals surface area contributed by atoms with Crippen molar-refractivity contribution in [2.75, 3.05) is 13.2 Å². The molecule has 102 valence electrons. The van der Waals surface area contributed by atoms with Crippen molar-refractivity contribution in [1.82, 2.24) is 15.5 Å². The first-order valence-corrected chi connectivity index (χ1v) is 6.93. The second-order valence-electron chi connectivity index (χ2n) is 5.14. The fourth-order valence-electron chi connectivity index (χ4n) is 2.71. The van der Waals surface area contributed by atoms with Gasteiger partial charge in [0, 0.05) is 13.5 Å². The Morgan fingerprint density at radius 3 is 2.56 bits per heavy atom. The Hall–Kier alpha value is -0.940. The summed E-state index contributed by atoms with van der Waals surface area (Å²) in [5.41, 5.74) is -0.149. The normalized spacial score (nSPS) is 19.7. The summed E-state index contributed by atoms with van der Waals surface area (Å²) in [7, 11) is 0. The molecule has 1 saturated carbocycles. The first kappa shape index (κ1) is 13.5. The highest BCUT2D eigenvalue weighted by Crippen LogP contribution is 2.34. The highest BCUT2D eigenvalue weighted by Gasteiger charge is 2.36. The number of hydrogen-bond acceptors (Lipinski definition) is 5. The minimum atomic E-state index is -0.149. The minimum Gasteiger partial charge on any atom is -0.396 e. The van der Waals surface area contributed by atoms with Crippen LogP contribution in [0.4, 0.5) is 0 Å². The molecule has 1 aromatic heterocycles. The number of hydrogen-bond donors (Lipinski definition) is 2. The standard InChI is InChI=1S/C13H23N3O2/c1-11-15-12(16-18-11)13(14-9-6-10-17)7-4-2-3-5-8-13/h14,17H,2-10H2,1H3. The first-order valence-electron chi connectivity index (χ1n) is 6.93. The zero-order valence-corrected chi connectivity index (χ0v) is 11.1. The molecule has 1 fully saturated rings. The molecule has 2 N–H and O–H groups in total. The molecule has 5 heteroatoms. The third kappa shape index (κ3) is 3.09. The molecule has 1 aromatic rings. The first-order chi connectivity index (χ1) is 8.77. The topological polar surface area (TPSA) is 71.2 Å². The summed E-state index contributed by atoms with van der Waals surface area (Å²) in [6.07, 6.45) is 7.81. The molecule has 2 rings (SSSR count). The van der Waals surface area contributed by atoms with Crippen LogP contribution < -0.4 is 5.32 Å². The highest BCUT2D eigenvalue weighted by molar-refractivity contribution is 5.06. The van der Waals surface area contributed by atoms with Crippen molar-refractivity contribution in [2.45, 2.75) is 57.4 Å². The average molecular weight is 253 g/mol. The Kier molecular flexibility index (Phi) is 4.72. The van der Waals surface area contributed by atoms with E-state index in [4.69, 9.17) is 9.63 Å². The molecule has 18 heavy (non-hydrogen) atoms. The van der Waals surface area contributed by atoms with Crippen LogP contribution >= 0.6 is 0 Å². The molecule has 0 aromatic carbocycles. The van der Waals surface area contributed by atoms with Crippen molar-refractivity contribution in [3.8, 4) is 0 Å². The summed E-state index contributed by atoms with van der Waals surface area (Å²) < 4.78 is 5.14. The largest absolute Gasteiger partial charge is 0.396 e. The number of aromatic nitrogens is 2. The van der Waals surface area contributed by atoms with E-state index in [1.807, 2.05) is 6.92 Å². The molecule has 1 aliphatic carbocycles. The van der Waals surface area contributed by atoms with Gasteiger partial charge in [-0.25, -0.2) is 0 Å². The van der Waals surface area contributed by atoms with Crippen LogP contribution in [0.25, 0.3) is 0 Å². The van der Waals surface area contributed by atoms with E-state index in [0.717, 1.165) is 31.6 Å². The summed E-state index contributed by atoms with van der Waals surface area (Å²) in [6.45, 7) is 2.84. The molecule has 1 heterocycles. The molecule has 0 amide bonds. The Morgan fingerprint density at radius 2 is 2.00 bits per heavy atom. The van der Waals surface area contributed by atoms with Crippen LogP contribution in [0, 0.1) is 6.92 Å². The molecular weight excluding hydrogens is 230 g/mol. The van der Waals surface area contributed by atoms with E-state index in [1.54, 1.807) is 0 Å². The SMILES string of the molecule is Cc1nc(C2(NCCCO)CCCCCC2)no1. The molecule has 0 spiro atoms. The molecule has 5 nitrogen and oxygen atoms in total. The monoisotopic (exact) mass is 253 g/mol. The van der Waals surface area contributed by atoms with Gasteiger partial charge in [0.15, 0.2) is 5.82 Å². The maximum atomic E-state index is 8.92. The summed E-state index contributed by atoms with van der Waals surface area (Å²) in [4.78, 5) is 4.42. The Bertz CT molecular complexity index is 357. The molecule has 0 bridgehead atoms. The summed E-state index contributed by atoms with van der Waals surface area (Å²) in [5.74, 6) is 1.41. The number of nitrogens with zero attached hydrogens (tertiary/aromatic N) is 2. The van der Waals surface area contributed by atoms with Crippen LogP contribution in [0.15, 0.2) is 4.52 Å². The zero-order chi connectivity index (χ0) is 12.8. The molecular formula is C13H23N3O2. The van der Waals surface area contributed by atoms with Gasteiger partial charge in [-0.1, -0.05) is 30.8 Å². The number of aryl methyl sites for hydroxylation is 1. The predicted molar refractivity (Wildman–Crippen MR) is 68.1 cm³/mol. The number of aliphatic hydroxyl groups is 1. The quantitative estimate of drug-likeness (QED) is 0.619. The third-order valence-corrected chi connectivity index (χ3v) is 3.71. The van der Waals surface area contributed by atoms with Crippen molar-refractivity contribution in [3.63, 3.8) is 0 Å². The van der Waals surface area contributed by atoms with Crippen molar-refractivity contribution in [3.05, 3.63) is 11.7 Å². The smallest absolute Gasteiger partial charge is 0.223 e. The molecule has 0 saturated heterocycles. The van der Waals surface area contributed by atoms with Crippen molar-refractivity contribution < 1.29 is 9.63 Å². The van der Waals surface area contributed by atoms with Crippen LogP contribution in [0.1, 0.15) is 56.7 Å². The predicted octanol–water partition coefficient (Wildman–Crippen LogP) is 1.90. The van der Waals surface area contributed by atoms with Gasteiger partial charge in [0.05, 0.1) is 5.54 Å². The fourth-order valence-corrected chi connectivity index (χ4v) is 2.71. The van der Waals surface area contributed by atoms with Gasteiger partial charge in [-0.05, 0) is 25.8 Å². The third-order valence-electron chi connectivity index (χ3n) is 3.71. The fraction of sp³-hybridized carbons (Fsp3) is 0.846. The lowest BCUT2D eigenvalue weighted by Crippen LogP contribution is -2.43. The molecule has 0 atom stereocenters. The summed E-state index contributed by atoms with van der Waals surface area (Å²) in [6, 6.07) is 0. The Labute approximate surface area is 108 Å². The molecule has 1 aliphatic rings. The van der Waals surface area contributed by atoms with E-state index in [0.29, 0.717) is 5.89 Å². The van der Waals surface area contributed by atoms with Gasteiger partial charge >= 0.3 is 0 Å². The van der Waals surface area contributed by atoms with Gasteiger partial charge in [-0.3, -0.25) is 0 Å². The second kappa shape index (κ2) is 6.29. The maximum absolute atomic E-state index is 8.92. The van der Waals surface area contributed by atoms with Gasteiger partial charge in [0.25, 0.3) is 0 Å². The minimum absolute atomic E-state index is 0.149. The number of aliphatic hydroxyl groups excluding tert-OH is 1. The number of nitrogens with one attached hydrogen (secondary N) is 1. The van der Waals surface area contributed by atoms with Crippen LogP contribution in [0.2, 0.25) is 0 Å².